The Balaban J connectivity index is 1.65. The van der Waals surface area contributed by atoms with Crippen LogP contribution in [0, 0.1) is 0 Å². The first-order valence-corrected chi connectivity index (χ1v) is 11.1. The molecule has 2 aromatic carbocycles. The first-order chi connectivity index (χ1) is 13.0. The molecule has 0 fully saturated rings. The molecule has 27 heavy (non-hydrogen) atoms. The maximum absolute atomic E-state index is 6.20. The summed E-state index contributed by atoms with van der Waals surface area (Å²) >= 11 is 0. The molecule has 1 heterocycles. The van der Waals surface area contributed by atoms with Crippen molar-refractivity contribution >= 4 is 8.80 Å². The molecule has 0 saturated heterocycles. The highest BCUT2D eigenvalue weighted by atomic mass is 28.4. The van der Waals surface area contributed by atoms with Crippen LogP contribution in [0.15, 0.2) is 48.5 Å². The van der Waals surface area contributed by atoms with Crippen molar-refractivity contribution < 1.29 is 22.8 Å². The summed E-state index contributed by atoms with van der Waals surface area (Å²) in [6, 6.07) is 17.1. The predicted molar refractivity (Wildman–Crippen MR) is 106 cm³/mol. The van der Waals surface area contributed by atoms with E-state index in [0.717, 1.165) is 35.8 Å². The van der Waals surface area contributed by atoms with Crippen LogP contribution in [-0.2, 0) is 36.8 Å². The number of aryl methyl sites for hydroxylation is 1. The fourth-order valence-electron chi connectivity index (χ4n) is 3.40. The first-order valence-electron chi connectivity index (χ1n) is 9.20. The van der Waals surface area contributed by atoms with Crippen molar-refractivity contribution in [2.75, 3.05) is 21.3 Å². The lowest BCUT2D eigenvalue weighted by atomic mass is 10.0. The van der Waals surface area contributed by atoms with Crippen molar-refractivity contribution in [1.82, 2.24) is 0 Å². The third-order valence-corrected chi connectivity index (χ3v) is 7.94. The molecule has 146 valence electrons. The summed E-state index contributed by atoms with van der Waals surface area (Å²) in [7, 11) is 2.44. The van der Waals surface area contributed by atoms with E-state index in [1.54, 1.807) is 21.3 Å². The van der Waals surface area contributed by atoms with Gasteiger partial charge in [-0.3, -0.25) is 0 Å². The highest BCUT2D eigenvalue weighted by Crippen LogP contribution is 2.37. The molecule has 0 amide bonds. The van der Waals surface area contributed by atoms with Crippen LogP contribution >= 0.6 is 0 Å². The van der Waals surface area contributed by atoms with Gasteiger partial charge in [0.05, 0.1) is 6.61 Å². The van der Waals surface area contributed by atoms with Crippen LogP contribution in [0.5, 0.6) is 5.75 Å². The van der Waals surface area contributed by atoms with Crippen LogP contribution in [0.4, 0.5) is 0 Å². The van der Waals surface area contributed by atoms with Crippen molar-refractivity contribution in [2.24, 2.45) is 0 Å². The molecule has 0 radical (unpaired) electrons. The molecule has 0 saturated carbocycles. The summed E-state index contributed by atoms with van der Waals surface area (Å²) in [6.45, 7) is 2.49. The molecular weight excluding hydrogens is 360 g/mol. The normalized spacial score (nSPS) is 19.4. The molecule has 6 heteroatoms. The summed E-state index contributed by atoms with van der Waals surface area (Å²) in [5.41, 5.74) is 3.34. The van der Waals surface area contributed by atoms with Crippen molar-refractivity contribution in [1.29, 1.82) is 0 Å². The molecular formula is C21H28O5Si. The number of hydrogen-bond acceptors (Lipinski definition) is 5. The van der Waals surface area contributed by atoms with E-state index in [4.69, 9.17) is 22.8 Å². The largest absolute Gasteiger partial charge is 0.500 e. The zero-order valence-electron chi connectivity index (χ0n) is 16.5. The molecule has 0 bridgehead atoms. The summed E-state index contributed by atoms with van der Waals surface area (Å²) in [5.74, 6) is 0.127. The molecule has 3 rings (SSSR count). The number of hydrogen-bond donors (Lipinski definition) is 0. The summed E-state index contributed by atoms with van der Waals surface area (Å²) < 4.78 is 28.7. The Morgan fingerprint density at radius 1 is 1.00 bits per heavy atom. The molecule has 1 aliphatic rings. The van der Waals surface area contributed by atoms with E-state index in [0.29, 0.717) is 6.61 Å². The van der Waals surface area contributed by atoms with Gasteiger partial charge in [-0.1, -0.05) is 36.4 Å². The quantitative estimate of drug-likeness (QED) is 0.632. The van der Waals surface area contributed by atoms with Crippen LogP contribution in [0.2, 0.25) is 6.04 Å². The Morgan fingerprint density at radius 2 is 1.70 bits per heavy atom. The lowest BCUT2D eigenvalue weighted by molar-refractivity contribution is -0.201. The Labute approximate surface area is 162 Å². The maximum atomic E-state index is 6.20. The number of benzene rings is 2. The van der Waals surface area contributed by atoms with Gasteiger partial charge in [0, 0.05) is 45.4 Å². The highest BCUT2D eigenvalue weighted by molar-refractivity contribution is 6.60. The van der Waals surface area contributed by atoms with Crippen LogP contribution in [0.1, 0.15) is 30.0 Å². The van der Waals surface area contributed by atoms with Gasteiger partial charge in [-0.15, -0.1) is 0 Å². The van der Waals surface area contributed by atoms with Crippen molar-refractivity contribution in [2.45, 2.75) is 38.2 Å². The van der Waals surface area contributed by atoms with Crippen LogP contribution in [0.3, 0.4) is 0 Å². The SMILES string of the molecule is CO[Si](CCCc1ccc2c(c1)COC(C)(c1ccccc1)O2)(OC)OC. The summed E-state index contributed by atoms with van der Waals surface area (Å²) in [5, 5.41) is 0. The Kier molecular flexibility index (Phi) is 6.34. The second-order valence-electron chi connectivity index (χ2n) is 6.79. The van der Waals surface area contributed by atoms with E-state index in [-0.39, 0.29) is 0 Å². The Bertz CT molecular complexity index is 739. The second kappa shape index (κ2) is 8.54. The van der Waals surface area contributed by atoms with Gasteiger partial charge in [0.15, 0.2) is 0 Å². The minimum absolute atomic E-state index is 0.529. The number of ether oxygens (including phenoxy) is 2. The lowest BCUT2D eigenvalue weighted by Crippen LogP contribution is -2.42. The van der Waals surface area contributed by atoms with E-state index in [1.807, 2.05) is 43.3 Å². The topological polar surface area (TPSA) is 46.2 Å². The monoisotopic (exact) mass is 388 g/mol. The minimum Gasteiger partial charge on any atom is -0.458 e. The van der Waals surface area contributed by atoms with Crippen LogP contribution < -0.4 is 4.74 Å². The van der Waals surface area contributed by atoms with Crippen molar-refractivity contribution in [3.8, 4) is 5.75 Å². The third kappa shape index (κ3) is 4.42. The first kappa shape index (κ1) is 20.0. The summed E-state index contributed by atoms with van der Waals surface area (Å²) in [6.07, 6.45) is 1.86. The zero-order chi connectivity index (χ0) is 19.3. The second-order valence-corrected chi connectivity index (χ2v) is 9.88. The van der Waals surface area contributed by atoms with Gasteiger partial charge < -0.3 is 22.8 Å². The van der Waals surface area contributed by atoms with E-state index < -0.39 is 14.6 Å². The Hall–Kier alpha value is -1.70. The van der Waals surface area contributed by atoms with Crippen LogP contribution in [0.25, 0.3) is 0 Å². The lowest BCUT2D eigenvalue weighted by Gasteiger charge is -2.36. The number of rotatable bonds is 8. The third-order valence-electron chi connectivity index (χ3n) is 5.11. The van der Waals surface area contributed by atoms with E-state index in [9.17, 15) is 0 Å². The van der Waals surface area contributed by atoms with E-state index in [2.05, 4.69) is 12.1 Å². The van der Waals surface area contributed by atoms with Gasteiger partial charge in [0.25, 0.3) is 0 Å². The average molecular weight is 389 g/mol. The number of fused-ring (bicyclic) bond motifs is 1. The molecule has 5 nitrogen and oxygen atoms in total. The standard InChI is InChI=1S/C21H28O5Si/c1-21(19-10-6-5-7-11-19)25-16-18-15-17(12-13-20(18)26-21)9-8-14-27(22-2,23-3)24-4/h5-7,10-13,15H,8-9,14,16H2,1-4H3. The Morgan fingerprint density at radius 3 is 2.37 bits per heavy atom. The van der Waals surface area contributed by atoms with Gasteiger partial charge >= 0.3 is 8.80 Å². The average Bonchev–Trinajstić information content (AvgIpc) is 2.72. The predicted octanol–water partition coefficient (Wildman–Crippen LogP) is 4.28. The molecule has 2 aromatic rings. The summed E-state index contributed by atoms with van der Waals surface area (Å²) in [4.78, 5) is 0. The smallest absolute Gasteiger partial charge is 0.458 e. The highest BCUT2D eigenvalue weighted by Gasteiger charge is 2.37. The molecule has 1 unspecified atom stereocenters. The molecule has 0 spiro atoms. The molecule has 0 aliphatic carbocycles. The zero-order valence-corrected chi connectivity index (χ0v) is 17.5. The van der Waals surface area contributed by atoms with Gasteiger partial charge in [-0.2, -0.15) is 0 Å². The van der Waals surface area contributed by atoms with Crippen molar-refractivity contribution in [3.05, 3.63) is 65.2 Å². The maximum Gasteiger partial charge on any atom is 0.500 e. The van der Waals surface area contributed by atoms with Crippen molar-refractivity contribution in [3.63, 3.8) is 0 Å². The van der Waals surface area contributed by atoms with Gasteiger partial charge in [-0.05, 0) is 30.5 Å². The minimum atomic E-state index is -2.51. The van der Waals surface area contributed by atoms with E-state index >= 15 is 0 Å². The molecule has 1 atom stereocenters. The molecule has 0 N–H and O–H groups in total. The molecule has 1 aliphatic heterocycles. The fourth-order valence-corrected chi connectivity index (χ4v) is 5.13. The van der Waals surface area contributed by atoms with E-state index in [1.165, 1.54) is 5.56 Å². The van der Waals surface area contributed by atoms with Crippen LogP contribution in [-0.4, -0.2) is 30.1 Å². The van der Waals surface area contributed by atoms with Gasteiger partial charge in [0.1, 0.15) is 5.75 Å². The molecule has 0 aromatic heterocycles. The fraction of sp³-hybridized carbons (Fsp3) is 0.429. The van der Waals surface area contributed by atoms with Gasteiger partial charge in [-0.25, -0.2) is 0 Å². The van der Waals surface area contributed by atoms with Gasteiger partial charge in [0.2, 0.25) is 5.79 Å².